The van der Waals surface area contributed by atoms with Gasteiger partial charge in [-0.25, -0.2) is 4.98 Å². The molecule has 1 aromatic carbocycles. The van der Waals surface area contributed by atoms with E-state index in [-0.39, 0.29) is 0 Å². The van der Waals surface area contributed by atoms with Crippen LogP contribution in [-0.4, -0.2) is 76.8 Å². The van der Waals surface area contributed by atoms with Gasteiger partial charge in [-0.1, -0.05) is 30.3 Å². The maximum absolute atomic E-state index is 4.27. The molecule has 0 unspecified atom stereocenters. The van der Waals surface area contributed by atoms with E-state index in [1.54, 1.807) is 18.1 Å². The number of rotatable bonds is 7. The number of benzene rings is 1. The first-order valence-electron chi connectivity index (χ1n) is 9.50. The van der Waals surface area contributed by atoms with Gasteiger partial charge >= 0.3 is 0 Å². The summed E-state index contributed by atoms with van der Waals surface area (Å²) < 4.78 is 1.76. The third-order valence-corrected chi connectivity index (χ3v) is 4.88. The van der Waals surface area contributed by atoms with Crippen molar-refractivity contribution >= 4 is 5.96 Å². The number of nitrogens with zero attached hydrogens (tertiary/aromatic N) is 6. The topological polar surface area (TPSA) is 73.6 Å². The van der Waals surface area contributed by atoms with Crippen LogP contribution in [0.3, 0.4) is 0 Å². The van der Waals surface area contributed by atoms with Crippen LogP contribution in [0.25, 0.3) is 0 Å². The van der Waals surface area contributed by atoms with E-state index in [9.17, 15) is 0 Å². The van der Waals surface area contributed by atoms with Crippen LogP contribution in [0.4, 0.5) is 0 Å². The van der Waals surface area contributed by atoms with Gasteiger partial charge in [-0.3, -0.25) is 19.5 Å². The van der Waals surface area contributed by atoms with Gasteiger partial charge in [0.2, 0.25) is 0 Å². The smallest absolute Gasteiger partial charge is 0.191 e. The molecule has 0 saturated carbocycles. The highest BCUT2D eigenvalue weighted by Gasteiger charge is 2.16. The van der Waals surface area contributed by atoms with Crippen molar-refractivity contribution in [2.24, 2.45) is 12.0 Å². The Morgan fingerprint density at radius 3 is 2.48 bits per heavy atom. The Labute approximate surface area is 161 Å². The van der Waals surface area contributed by atoms with E-state index < -0.39 is 0 Å². The largest absolute Gasteiger partial charge is 0.355 e. The average molecular weight is 371 g/mol. The highest BCUT2D eigenvalue weighted by atomic mass is 15.3. The van der Waals surface area contributed by atoms with Gasteiger partial charge in [0, 0.05) is 59.9 Å². The summed E-state index contributed by atoms with van der Waals surface area (Å²) in [6.07, 6.45) is 1.56. The zero-order valence-electron chi connectivity index (χ0n) is 16.3. The molecule has 1 fully saturated rings. The minimum Gasteiger partial charge on any atom is -0.355 e. The zero-order valence-corrected chi connectivity index (χ0v) is 16.3. The maximum atomic E-state index is 4.27. The van der Waals surface area contributed by atoms with Gasteiger partial charge < -0.3 is 10.6 Å². The van der Waals surface area contributed by atoms with E-state index in [1.807, 2.05) is 7.05 Å². The van der Waals surface area contributed by atoms with Crippen molar-refractivity contribution in [3.63, 3.8) is 0 Å². The number of guanidine groups is 1. The number of aromatic nitrogens is 3. The van der Waals surface area contributed by atoms with Crippen molar-refractivity contribution in [3.05, 3.63) is 48.0 Å². The van der Waals surface area contributed by atoms with Crippen LogP contribution >= 0.6 is 0 Å². The SMILES string of the molecule is CN=C(NCCN1CCN(Cc2ccccc2)CC1)NCc1ncnn1C. The molecular formula is C19H30N8. The van der Waals surface area contributed by atoms with E-state index >= 15 is 0 Å². The number of aliphatic imine (C=N–C) groups is 1. The number of hydrogen-bond acceptors (Lipinski definition) is 5. The summed E-state index contributed by atoms with van der Waals surface area (Å²) in [4.78, 5) is 13.5. The van der Waals surface area contributed by atoms with Gasteiger partial charge in [0.25, 0.3) is 0 Å². The first-order chi connectivity index (χ1) is 13.2. The Bertz CT molecular complexity index is 704. The number of hydrogen-bond donors (Lipinski definition) is 2. The fraction of sp³-hybridized carbons (Fsp3) is 0.526. The first kappa shape index (κ1) is 19.3. The summed E-state index contributed by atoms with van der Waals surface area (Å²) in [5.41, 5.74) is 1.39. The van der Waals surface area contributed by atoms with Gasteiger partial charge in [-0.05, 0) is 5.56 Å². The monoisotopic (exact) mass is 370 g/mol. The van der Waals surface area contributed by atoms with Crippen LogP contribution in [-0.2, 0) is 20.1 Å². The summed E-state index contributed by atoms with van der Waals surface area (Å²) in [7, 11) is 3.67. The number of aryl methyl sites for hydroxylation is 1. The zero-order chi connectivity index (χ0) is 18.9. The molecule has 1 aromatic heterocycles. The predicted molar refractivity (Wildman–Crippen MR) is 107 cm³/mol. The van der Waals surface area contributed by atoms with Gasteiger partial charge in [-0.15, -0.1) is 0 Å². The third-order valence-electron chi connectivity index (χ3n) is 4.88. The summed E-state index contributed by atoms with van der Waals surface area (Å²) >= 11 is 0. The van der Waals surface area contributed by atoms with Crippen LogP contribution in [0.1, 0.15) is 11.4 Å². The predicted octanol–water partition coefficient (Wildman–Crippen LogP) is 0.298. The maximum Gasteiger partial charge on any atom is 0.191 e. The fourth-order valence-electron chi connectivity index (χ4n) is 3.21. The van der Waals surface area contributed by atoms with E-state index in [0.29, 0.717) is 6.54 Å². The van der Waals surface area contributed by atoms with Crippen molar-refractivity contribution in [2.75, 3.05) is 46.3 Å². The lowest BCUT2D eigenvalue weighted by Crippen LogP contribution is -2.48. The van der Waals surface area contributed by atoms with Gasteiger partial charge in [0.05, 0.1) is 6.54 Å². The molecule has 1 aliphatic heterocycles. The summed E-state index contributed by atoms with van der Waals surface area (Å²) in [5, 5.41) is 10.7. The quantitative estimate of drug-likeness (QED) is 0.539. The van der Waals surface area contributed by atoms with Crippen LogP contribution in [0, 0.1) is 0 Å². The second-order valence-corrected chi connectivity index (χ2v) is 6.76. The molecule has 8 nitrogen and oxygen atoms in total. The Morgan fingerprint density at radius 1 is 1.07 bits per heavy atom. The molecule has 0 spiro atoms. The molecule has 1 aliphatic rings. The normalized spacial score (nSPS) is 16.4. The molecule has 0 amide bonds. The summed E-state index contributed by atoms with van der Waals surface area (Å²) in [6.45, 7) is 8.00. The Hall–Kier alpha value is -2.45. The lowest BCUT2D eigenvalue weighted by molar-refractivity contribution is 0.129. The van der Waals surface area contributed by atoms with Crippen LogP contribution in [0.2, 0.25) is 0 Å². The minimum atomic E-state index is 0.605. The summed E-state index contributed by atoms with van der Waals surface area (Å²) in [5.74, 6) is 1.67. The molecule has 0 radical (unpaired) electrons. The Kier molecular flexibility index (Phi) is 7.18. The van der Waals surface area contributed by atoms with Gasteiger partial charge in [0.1, 0.15) is 12.2 Å². The van der Waals surface area contributed by atoms with Crippen LogP contribution in [0.5, 0.6) is 0 Å². The molecule has 2 N–H and O–H groups in total. The molecule has 2 aromatic rings. The molecule has 0 aliphatic carbocycles. The molecule has 27 heavy (non-hydrogen) atoms. The van der Waals surface area contributed by atoms with E-state index in [1.165, 1.54) is 5.56 Å². The van der Waals surface area contributed by atoms with E-state index in [0.717, 1.165) is 57.6 Å². The second-order valence-electron chi connectivity index (χ2n) is 6.76. The molecule has 146 valence electrons. The highest BCUT2D eigenvalue weighted by Crippen LogP contribution is 2.07. The number of nitrogens with one attached hydrogen (secondary N) is 2. The first-order valence-corrected chi connectivity index (χ1v) is 9.50. The van der Waals surface area contributed by atoms with Crippen molar-refractivity contribution in [1.29, 1.82) is 0 Å². The standard InChI is InChI=1S/C19H30N8/c1-20-19(22-14-18-23-16-24-25(18)2)21-8-9-26-10-12-27(13-11-26)15-17-6-4-3-5-7-17/h3-7,16H,8-15H2,1-2H3,(H2,20,21,22). The summed E-state index contributed by atoms with van der Waals surface area (Å²) in [6, 6.07) is 10.7. The lowest BCUT2D eigenvalue weighted by Gasteiger charge is -2.34. The lowest BCUT2D eigenvalue weighted by atomic mass is 10.2. The molecule has 0 bridgehead atoms. The molecule has 2 heterocycles. The molecule has 0 atom stereocenters. The van der Waals surface area contributed by atoms with E-state index in [4.69, 9.17) is 0 Å². The van der Waals surface area contributed by atoms with Crippen molar-refractivity contribution in [1.82, 2.24) is 35.2 Å². The van der Waals surface area contributed by atoms with Crippen LogP contribution < -0.4 is 10.6 Å². The van der Waals surface area contributed by atoms with Crippen molar-refractivity contribution in [2.45, 2.75) is 13.1 Å². The van der Waals surface area contributed by atoms with E-state index in [2.05, 4.69) is 65.8 Å². The minimum absolute atomic E-state index is 0.605. The molecule has 1 saturated heterocycles. The molecular weight excluding hydrogens is 340 g/mol. The van der Waals surface area contributed by atoms with Gasteiger partial charge in [0.15, 0.2) is 5.96 Å². The van der Waals surface area contributed by atoms with Crippen molar-refractivity contribution < 1.29 is 0 Å². The Morgan fingerprint density at radius 2 is 1.81 bits per heavy atom. The Balaban J connectivity index is 1.32. The average Bonchev–Trinajstić information content (AvgIpc) is 3.11. The fourth-order valence-corrected chi connectivity index (χ4v) is 3.21. The van der Waals surface area contributed by atoms with Crippen LogP contribution in [0.15, 0.2) is 41.7 Å². The third kappa shape index (κ3) is 6.04. The van der Waals surface area contributed by atoms with Gasteiger partial charge in [-0.2, -0.15) is 5.10 Å². The number of piperazine rings is 1. The van der Waals surface area contributed by atoms with Crippen molar-refractivity contribution in [3.8, 4) is 0 Å². The highest BCUT2D eigenvalue weighted by molar-refractivity contribution is 5.79. The molecule has 8 heteroatoms. The molecule has 3 rings (SSSR count). The second kappa shape index (κ2) is 10.0.